The minimum absolute atomic E-state index is 0.393. The Morgan fingerprint density at radius 2 is 2.16 bits per heavy atom. The van der Waals surface area contributed by atoms with Crippen LogP contribution in [0, 0.1) is 0 Å². The number of alkyl halides is 1. The van der Waals surface area contributed by atoms with Gasteiger partial charge in [-0.2, -0.15) is 5.10 Å². The third kappa shape index (κ3) is 2.28. The maximum absolute atomic E-state index is 6.01. The molecule has 0 unspecified atom stereocenters. The lowest BCUT2D eigenvalue weighted by Gasteiger charge is -2.08. The summed E-state index contributed by atoms with van der Waals surface area (Å²) < 4.78 is 5.03. The molecule has 4 nitrogen and oxygen atoms in total. The van der Waals surface area contributed by atoms with Crippen LogP contribution in [0.25, 0.3) is 11.0 Å². The molecule has 2 aromatic heterocycles. The van der Waals surface area contributed by atoms with Crippen molar-refractivity contribution in [2.45, 2.75) is 12.4 Å². The summed E-state index contributed by atoms with van der Waals surface area (Å²) in [5, 5.41) is 4.19. The first-order valence-corrected chi connectivity index (χ1v) is 7.19. The van der Waals surface area contributed by atoms with Crippen molar-refractivity contribution in [2.24, 2.45) is 7.05 Å². The highest BCUT2D eigenvalue weighted by Gasteiger charge is 2.12. The van der Waals surface area contributed by atoms with Gasteiger partial charge in [0.05, 0.1) is 29.2 Å². The molecule has 1 aromatic carbocycles. The van der Waals surface area contributed by atoms with E-state index in [4.69, 9.17) is 11.6 Å². The van der Waals surface area contributed by atoms with Crippen molar-refractivity contribution in [2.75, 3.05) is 0 Å². The summed E-state index contributed by atoms with van der Waals surface area (Å²) >= 11 is 9.50. The van der Waals surface area contributed by atoms with E-state index < -0.39 is 0 Å². The molecule has 6 heteroatoms. The molecule has 0 bridgehead atoms. The van der Waals surface area contributed by atoms with Crippen LogP contribution in [-0.2, 0) is 19.5 Å². The Kier molecular flexibility index (Phi) is 3.33. The standard InChI is InChI=1S/C13H12BrClN4/c1-18-10(4-5-16-18)8-19-12-6-9(14)2-3-11(12)17-13(19)7-15/h2-6H,7-8H2,1H3. The summed E-state index contributed by atoms with van der Waals surface area (Å²) in [5.41, 5.74) is 3.15. The molecular formula is C13H12BrClN4. The molecular weight excluding hydrogens is 328 g/mol. The van der Waals surface area contributed by atoms with E-state index in [9.17, 15) is 0 Å². The zero-order chi connectivity index (χ0) is 13.4. The molecule has 0 atom stereocenters. The second-order valence-electron chi connectivity index (χ2n) is 4.33. The quantitative estimate of drug-likeness (QED) is 0.686. The second kappa shape index (κ2) is 4.98. The van der Waals surface area contributed by atoms with Crippen molar-refractivity contribution in [3.63, 3.8) is 0 Å². The molecule has 0 saturated heterocycles. The van der Waals surface area contributed by atoms with Gasteiger partial charge in [-0.3, -0.25) is 4.68 Å². The van der Waals surface area contributed by atoms with Crippen LogP contribution in [0.5, 0.6) is 0 Å². The van der Waals surface area contributed by atoms with Gasteiger partial charge in [0.15, 0.2) is 0 Å². The molecule has 0 aliphatic rings. The van der Waals surface area contributed by atoms with Gasteiger partial charge in [-0.25, -0.2) is 4.98 Å². The molecule has 98 valence electrons. The van der Waals surface area contributed by atoms with Crippen LogP contribution in [0.1, 0.15) is 11.5 Å². The summed E-state index contributed by atoms with van der Waals surface area (Å²) in [4.78, 5) is 4.56. The van der Waals surface area contributed by atoms with E-state index in [-0.39, 0.29) is 0 Å². The van der Waals surface area contributed by atoms with Crippen molar-refractivity contribution < 1.29 is 0 Å². The number of aromatic nitrogens is 4. The maximum Gasteiger partial charge on any atom is 0.125 e. The molecule has 0 fully saturated rings. The fourth-order valence-electron chi connectivity index (χ4n) is 2.14. The van der Waals surface area contributed by atoms with E-state index in [0.29, 0.717) is 12.4 Å². The molecule has 0 N–H and O–H groups in total. The lowest BCUT2D eigenvalue weighted by atomic mass is 10.3. The average molecular weight is 340 g/mol. The van der Waals surface area contributed by atoms with Gasteiger partial charge in [-0.05, 0) is 24.3 Å². The number of hydrogen-bond donors (Lipinski definition) is 0. The summed E-state index contributed by atoms with van der Waals surface area (Å²) in [6.07, 6.45) is 1.80. The molecule has 0 saturated carbocycles. The Morgan fingerprint density at radius 3 is 2.84 bits per heavy atom. The molecule has 3 aromatic rings. The summed E-state index contributed by atoms with van der Waals surface area (Å²) in [6, 6.07) is 8.05. The van der Waals surface area contributed by atoms with Gasteiger partial charge in [0.2, 0.25) is 0 Å². The van der Waals surface area contributed by atoms with Crippen LogP contribution in [-0.4, -0.2) is 19.3 Å². The Bertz CT molecular complexity index is 731. The predicted molar refractivity (Wildman–Crippen MR) is 79.3 cm³/mol. The SMILES string of the molecule is Cn1nccc1Cn1c(CCl)nc2ccc(Br)cc21. The number of rotatable bonds is 3. The molecule has 2 heterocycles. The Morgan fingerprint density at radius 1 is 1.32 bits per heavy atom. The van der Waals surface area contributed by atoms with E-state index in [1.807, 2.05) is 29.9 Å². The predicted octanol–water partition coefficient (Wildman–Crippen LogP) is 3.32. The largest absolute Gasteiger partial charge is 0.321 e. The average Bonchev–Trinajstić information content (AvgIpc) is 2.95. The Hall–Kier alpha value is -1.33. The Balaban J connectivity index is 2.15. The number of aryl methyl sites for hydroxylation is 1. The first kappa shape index (κ1) is 12.7. The summed E-state index contributed by atoms with van der Waals surface area (Å²) in [7, 11) is 1.94. The van der Waals surface area contributed by atoms with Crippen LogP contribution >= 0.6 is 27.5 Å². The van der Waals surface area contributed by atoms with Crippen molar-refractivity contribution >= 4 is 38.6 Å². The van der Waals surface area contributed by atoms with Crippen molar-refractivity contribution in [1.82, 2.24) is 19.3 Å². The summed E-state index contributed by atoms with van der Waals surface area (Å²) in [5.74, 6) is 1.26. The van der Waals surface area contributed by atoms with Gasteiger partial charge in [-0.1, -0.05) is 15.9 Å². The van der Waals surface area contributed by atoms with Crippen LogP contribution in [0.3, 0.4) is 0 Å². The number of halogens is 2. The fraction of sp³-hybridized carbons (Fsp3) is 0.231. The summed E-state index contributed by atoms with van der Waals surface area (Å²) in [6.45, 7) is 0.714. The Labute approximate surface area is 124 Å². The highest BCUT2D eigenvalue weighted by Crippen LogP contribution is 2.23. The lowest BCUT2D eigenvalue weighted by Crippen LogP contribution is -2.08. The zero-order valence-electron chi connectivity index (χ0n) is 10.3. The number of nitrogens with zero attached hydrogens (tertiary/aromatic N) is 4. The topological polar surface area (TPSA) is 35.6 Å². The third-order valence-corrected chi connectivity index (χ3v) is 3.88. The van der Waals surface area contributed by atoms with E-state index in [1.54, 1.807) is 6.20 Å². The lowest BCUT2D eigenvalue weighted by molar-refractivity contribution is 0.663. The second-order valence-corrected chi connectivity index (χ2v) is 5.51. The van der Waals surface area contributed by atoms with E-state index in [2.05, 4.69) is 36.6 Å². The number of imidazole rings is 1. The zero-order valence-corrected chi connectivity index (χ0v) is 12.7. The van der Waals surface area contributed by atoms with Gasteiger partial charge >= 0.3 is 0 Å². The molecule has 0 spiro atoms. The van der Waals surface area contributed by atoms with Crippen molar-refractivity contribution in [3.05, 3.63) is 46.5 Å². The molecule has 19 heavy (non-hydrogen) atoms. The van der Waals surface area contributed by atoms with Crippen molar-refractivity contribution in [1.29, 1.82) is 0 Å². The minimum atomic E-state index is 0.393. The number of hydrogen-bond acceptors (Lipinski definition) is 2. The number of fused-ring (bicyclic) bond motifs is 1. The first-order valence-electron chi connectivity index (χ1n) is 5.86. The fourth-order valence-corrected chi connectivity index (χ4v) is 2.70. The van der Waals surface area contributed by atoms with Gasteiger partial charge in [0.25, 0.3) is 0 Å². The normalized spacial score (nSPS) is 11.3. The van der Waals surface area contributed by atoms with Crippen LogP contribution < -0.4 is 0 Å². The molecule has 0 aliphatic heterocycles. The van der Waals surface area contributed by atoms with Crippen LogP contribution in [0.4, 0.5) is 0 Å². The first-order chi connectivity index (χ1) is 9.19. The van der Waals surface area contributed by atoms with Crippen LogP contribution in [0.2, 0.25) is 0 Å². The van der Waals surface area contributed by atoms with Gasteiger partial charge in [0.1, 0.15) is 5.82 Å². The molecule has 0 aliphatic carbocycles. The van der Waals surface area contributed by atoms with E-state index >= 15 is 0 Å². The third-order valence-electron chi connectivity index (χ3n) is 3.15. The van der Waals surface area contributed by atoms with Crippen LogP contribution in [0.15, 0.2) is 34.9 Å². The monoisotopic (exact) mass is 338 g/mol. The molecule has 3 rings (SSSR count). The minimum Gasteiger partial charge on any atom is -0.321 e. The number of benzene rings is 1. The van der Waals surface area contributed by atoms with Crippen molar-refractivity contribution in [3.8, 4) is 0 Å². The highest BCUT2D eigenvalue weighted by molar-refractivity contribution is 9.10. The smallest absolute Gasteiger partial charge is 0.125 e. The van der Waals surface area contributed by atoms with E-state index in [1.165, 1.54) is 0 Å². The van der Waals surface area contributed by atoms with E-state index in [0.717, 1.165) is 27.0 Å². The van der Waals surface area contributed by atoms with Gasteiger partial charge < -0.3 is 4.57 Å². The highest BCUT2D eigenvalue weighted by atomic mass is 79.9. The van der Waals surface area contributed by atoms with Gasteiger partial charge in [-0.15, -0.1) is 11.6 Å². The molecule has 0 amide bonds. The van der Waals surface area contributed by atoms with Gasteiger partial charge in [0, 0.05) is 17.7 Å². The maximum atomic E-state index is 6.01. The molecule has 0 radical (unpaired) electrons.